The van der Waals surface area contributed by atoms with Crippen LogP contribution in [0.5, 0.6) is 0 Å². The first kappa shape index (κ1) is 23.7. The van der Waals surface area contributed by atoms with Crippen molar-refractivity contribution in [3.05, 3.63) is 106 Å². The lowest BCUT2D eigenvalue weighted by Gasteiger charge is -2.45. The third-order valence-electron chi connectivity index (χ3n) is 6.71. The summed E-state index contributed by atoms with van der Waals surface area (Å²) < 4.78 is 31.7. The van der Waals surface area contributed by atoms with Gasteiger partial charge in [0.15, 0.2) is 0 Å². The number of benzene rings is 3. The molecule has 0 radical (unpaired) electrons. The van der Waals surface area contributed by atoms with E-state index in [-0.39, 0.29) is 11.2 Å². The zero-order chi connectivity index (χ0) is 23.5. The average Bonchev–Trinajstić information content (AvgIpc) is 2.76. The smallest absolute Gasteiger partial charge is 0.264 e. The Labute approximate surface area is 198 Å². The van der Waals surface area contributed by atoms with Crippen LogP contribution >= 0.6 is 0 Å². The molecule has 3 aromatic rings. The van der Waals surface area contributed by atoms with Crippen LogP contribution in [0.15, 0.2) is 72.8 Å². The fourth-order valence-corrected chi connectivity index (χ4v) is 5.67. The van der Waals surface area contributed by atoms with Crippen molar-refractivity contribution in [1.29, 1.82) is 0 Å². The highest BCUT2D eigenvalue weighted by Crippen LogP contribution is 2.40. The van der Waals surface area contributed by atoms with Gasteiger partial charge in [0.25, 0.3) is 10.1 Å². The van der Waals surface area contributed by atoms with Crippen molar-refractivity contribution in [2.75, 3.05) is 18.8 Å². The second-order valence-corrected chi connectivity index (χ2v) is 11.2. The molecule has 33 heavy (non-hydrogen) atoms. The van der Waals surface area contributed by atoms with Crippen LogP contribution in [-0.2, 0) is 34.9 Å². The van der Waals surface area contributed by atoms with Crippen LogP contribution in [-0.4, -0.2) is 36.7 Å². The molecular weight excluding hydrogens is 430 g/mol. The van der Waals surface area contributed by atoms with E-state index >= 15 is 0 Å². The number of aryl methyl sites for hydroxylation is 2. The van der Waals surface area contributed by atoms with Gasteiger partial charge in [0.05, 0.1) is 5.75 Å². The Morgan fingerprint density at radius 2 is 1.39 bits per heavy atom. The van der Waals surface area contributed by atoms with Gasteiger partial charge >= 0.3 is 0 Å². The normalized spacial score (nSPS) is 15.8. The average molecular weight is 464 g/mol. The molecular formula is C28H33NO3S. The fourth-order valence-electron chi connectivity index (χ4n) is 5.17. The first-order chi connectivity index (χ1) is 15.7. The summed E-state index contributed by atoms with van der Waals surface area (Å²) in [6.45, 7) is 6.50. The predicted octanol–water partition coefficient (Wildman–Crippen LogP) is 5.12. The van der Waals surface area contributed by atoms with Gasteiger partial charge in [-0.3, -0.25) is 9.45 Å². The summed E-state index contributed by atoms with van der Waals surface area (Å²) in [6, 6.07) is 26.3. The zero-order valence-corrected chi connectivity index (χ0v) is 20.3. The molecule has 0 fully saturated rings. The minimum atomic E-state index is -3.95. The molecule has 1 aliphatic rings. The van der Waals surface area contributed by atoms with Gasteiger partial charge in [0.2, 0.25) is 0 Å². The van der Waals surface area contributed by atoms with E-state index in [9.17, 15) is 13.0 Å². The Bertz CT molecular complexity index is 1140. The Morgan fingerprint density at radius 3 is 1.94 bits per heavy atom. The van der Waals surface area contributed by atoms with Crippen LogP contribution in [0.25, 0.3) is 0 Å². The Kier molecular flexibility index (Phi) is 7.03. The summed E-state index contributed by atoms with van der Waals surface area (Å²) in [5.41, 5.74) is 7.68. The fraction of sp³-hybridized carbons (Fsp3) is 0.357. The number of hydrogen-bond donors (Lipinski definition) is 1. The first-order valence-electron chi connectivity index (χ1n) is 11.6. The third-order valence-corrected chi connectivity index (χ3v) is 7.52. The third kappa shape index (κ3) is 6.11. The molecule has 0 unspecified atom stereocenters. The van der Waals surface area contributed by atoms with E-state index in [2.05, 4.69) is 91.5 Å². The lowest BCUT2D eigenvalue weighted by molar-refractivity contribution is 0.172. The van der Waals surface area contributed by atoms with Crippen LogP contribution in [0.1, 0.15) is 39.8 Å². The molecule has 4 nitrogen and oxygen atoms in total. The Hall–Kier alpha value is -2.47. The number of hydrogen-bond acceptors (Lipinski definition) is 3. The van der Waals surface area contributed by atoms with E-state index in [4.69, 9.17) is 0 Å². The topological polar surface area (TPSA) is 57.6 Å². The van der Waals surface area contributed by atoms with Gasteiger partial charge in [-0.15, -0.1) is 0 Å². The van der Waals surface area contributed by atoms with E-state index < -0.39 is 10.1 Å². The molecule has 0 aliphatic carbocycles. The molecule has 0 bridgehead atoms. The highest BCUT2D eigenvalue weighted by Gasteiger charge is 2.39. The standard InChI is InChI=1S/C28H33NO3S/c1-22-8-12-24(13-9-22)18-28(19-25-14-10-23(2)11-15-25)21-29(16-5-17-33(30,31)32)20-26-6-3-4-7-27(26)28/h3-4,6-15H,5,16-21H2,1-2H3,(H,30,31,32). The van der Waals surface area contributed by atoms with Crippen LogP contribution in [0.4, 0.5) is 0 Å². The second kappa shape index (κ2) is 9.80. The van der Waals surface area contributed by atoms with Crippen LogP contribution in [0.2, 0.25) is 0 Å². The molecule has 5 heteroatoms. The highest BCUT2D eigenvalue weighted by molar-refractivity contribution is 7.85. The van der Waals surface area contributed by atoms with E-state index in [0.29, 0.717) is 13.0 Å². The number of fused-ring (bicyclic) bond motifs is 1. The summed E-state index contributed by atoms with van der Waals surface area (Å²) in [6.07, 6.45) is 2.24. The Balaban J connectivity index is 1.72. The number of rotatable bonds is 8. The maximum atomic E-state index is 11.3. The van der Waals surface area contributed by atoms with E-state index in [1.165, 1.54) is 33.4 Å². The van der Waals surface area contributed by atoms with Gasteiger partial charge in [-0.05, 0) is 61.9 Å². The lowest BCUT2D eigenvalue weighted by atomic mass is 9.67. The maximum Gasteiger partial charge on any atom is 0.264 e. The van der Waals surface area contributed by atoms with Crippen LogP contribution in [0, 0.1) is 13.8 Å². The summed E-state index contributed by atoms with van der Waals surface area (Å²) in [4.78, 5) is 2.36. The molecule has 1 N–H and O–H groups in total. The molecule has 0 saturated carbocycles. The van der Waals surface area contributed by atoms with Gasteiger partial charge in [0, 0.05) is 18.5 Å². The van der Waals surface area contributed by atoms with Crippen LogP contribution in [0.3, 0.4) is 0 Å². The van der Waals surface area contributed by atoms with Gasteiger partial charge in [-0.1, -0.05) is 83.9 Å². The highest BCUT2D eigenvalue weighted by atomic mass is 32.2. The maximum absolute atomic E-state index is 11.3. The molecule has 0 spiro atoms. The predicted molar refractivity (Wildman–Crippen MR) is 134 cm³/mol. The van der Waals surface area contributed by atoms with Crippen molar-refractivity contribution in [3.63, 3.8) is 0 Å². The van der Waals surface area contributed by atoms with E-state index in [1.807, 2.05) is 0 Å². The Morgan fingerprint density at radius 1 is 0.848 bits per heavy atom. The van der Waals surface area contributed by atoms with Gasteiger partial charge in [-0.2, -0.15) is 8.42 Å². The summed E-state index contributed by atoms with van der Waals surface area (Å²) >= 11 is 0. The molecule has 174 valence electrons. The molecule has 1 aliphatic heterocycles. The largest absolute Gasteiger partial charge is 0.298 e. The van der Waals surface area contributed by atoms with E-state index in [0.717, 1.165) is 25.9 Å². The summed E-state index contributed by atoms with van der Waals surface area (Å²) in [5.74, 6) is -0.200. The van der Waals surface area contributed by atoms with Crippen LogP contribution < -0.4 is 0 Å². The van der Waals surface area contributed by atoms with Crippen molar-refractivity contribution in [3.8, 4) is 0 Å². The zero-order valence-electron chi connectivity index (χ0n) is 19.5. The van der Waals surface area contributed by atoms with Crippen molar-refractivity contribution >= 4 is 10.1 Å². The van der Waals surface area contributed by atoms with Crippen molar-refractivity contribution in [1.82, 2.24) is 4.90 Å². The molecule has 3 aromatic carbocycles. The van der Waals surface area contributed by atoms with Crippen molar-refractivity contribution in [2.45, 2.75) is 45.1 Å². The van der Waals surface area contributed by atoms with Gasteiger partial charge in [-0.25, -0.2) is 0 Å². The first-order valence-corrected chi connectivity index (χ1v) is 13.2. The quantitative estimate of drug-likeness (QED) is 0.471. The van der Waals surface area contributed by atoms with E-state index in [1.54, 1.807) is 0 Å². The second-order valence-electron chi connectivity index (χ2n) is 9.61. The number of nitrogens with zero attached hydrogens (tertiary/aromatic N) is 1. The lowest BCUT2D eigenvalue weighted by Crippen LogP contribution is -2.49. The summed E-state index contributed by atoms with van der Waals surface area (Å²) in [5, 5.41) is 0. The minimum absolute atomic E-state index is 0.128. The minimum Gasteiger partial charge on any atom is -0.298 e. The van der Waals surface area contributed by atoms with Gasteiger partial charge in [0.1, 0.15) is 0 Å². The van der Waals surface area contributed by atoms with Gasteiger partial charge < -0.3 is 0 Å². The molecule has 0 saturated heterocycles. The summed E-state index contributed by atoms with van der Waals surface area (Å²) in [7, 11) is -3.95. The van der Waals surface area contributed by atoms with Crippen molar-refractivity contribution in [2.24, 2.45) is 0 Å². The SMILES string of the molecule is Cc1ccc(CC2(Cc3ccc(C)cc3)CN(CCCS(=O)(=O)O)Cc3ccccc32)cc1. The molecule has 0 amide bonds. The van der Waals surface area contributed by atoms with Crippen molar-refractivity contribution < 1.29 is 13.0 Å². The molecule has 1 heterocycles. The monoisotopic (exact) mass is 463 g/mol. The molecule has 0 aromatic heterocycles. The molecule has 0 atom stereocenters. The molecule has 4 rings (SSSR count).